The number of urea groups is 1. The Labute approximate surface area is 185 Å². The molecule has 0 aromatic heterocycles. The van der Waals surface area contributed by atoms with E-state index in [1.807, 2.05) is 36.9 Å². The topological polar surface area (TPSA) is 56.3 Å². The number of benzene rings is 1. The van der Waals surface area contributed by atoms with Crippen molar-refractivity contribution < 1.29 is 14.3 Å². The van der Waals surface area contributed by atoms with E-state index in [2.05, 4.69) is 23.1 Å². The van der Waals surface area contributed by atoms with Gasteiger partial charge in [0.05, 0.1) is 6.61 Å². The fourth-order valence-electron chi connectivity index (χ4n) is 5.43. The van der Waals surface area contributed by atoms with E-state index in [1.54, 1.807) is 4.90 Å². The molecule has 170 valence electrons. The Hall–Kier alpha value is -2.28. The van der Waals surface area contributed by atoms with Crippen molar-refractivity contribution in [1.29, 1.82) is 0 Å². The summed E-state index contributed by atoms with van der Waals surface area (Å²) in [5.74, 6) is 0.519. The molecule has 3 amide bonds. The molecule has 4 rings (SSSR count). The van der Waals surface area contributed by atoms with Crippen LogP contribution in [0, 0.1) is 5.92 Å². The van der Waals surface area contributed by atoms with Crippen molar-refractivity contribution in [2.45, 2.75) is 38.0 Å². The molecule has 2 saturated heterocycles. The number of amides is 3. The molecule has 31 heavy (non-hydrogen) atoms. The van der Waals surface area contributed by atoms with Crippen molar-refractivity contribution in [3.05, 3.63) is 29.8 Å². The summed E-state index contributed by atoms with van der Waals surface area (Å²) in [5, 5.41) is 0. The molecule has 3 aliphatic rings. The van der Waals surface area contributed by atoms with E-state index >= 15 is 0 Å². The molecular formula is C24H36N4O3. The summed E-state index contributed by atoms with van der Waals surface area (Å²) in [4.78, 5) is 32.9. The highest BCUT2D eigenvalue weighted by atomic mass is 16.6. The number of para-hydroxylation sites is 1. The molecule has 2 fully saturated rings. The van der Waals surface area contributed by atoms with Gasteiger partial charge in [0.15, 0.2) is 0 Å². The van der Waals surface area contributed by atoms with Crippen molar-refractivity contribution in [1.82, 2.24) is 14.7 Å². The van der Waals surface area contributed by atoms with Crippen molar-refractivity contribution in [2.75, 3.05) is 64.9 Å². The molecule has 7 nitrogen and oxygen atoms in total. The number of anilines is 1. The maximum absolute atomic E-state index is 12.8. The zero-order valence-corrected chi connectivity index (χ0v) is 19.2. The van der Waals surface area contributed by atoms with Crippen molar-refractivity contribution in [3.63, 3.8) is 0 Å². The fourth-order valence-corrected chi connectivity index (χ4v) is 5.43. The van der Waals surface area contributed by atoms with Crippen molar-refractivity contribution in [3.8, 4) is 0 Å². The van der Waals surface area contributed by atoms with Crippen LogP contribution in [-0.2, 0) is 10.2 Å². The minimum Gasteiger partial charge on any atom is -0.449 e. The van der Waals surface area contributed by atoms with Crippen LogP contribution in [0.2, 0.25) is 0 Å². The van der Waals surface area contributed by atoms with Crippen LogP contribution in [-0.4, -0.2) is 86.8 Å². The molecule has 7 heteroatoms. The molecular weight excluding hydrogens is 392 g/mol. The summed E-state index contributed by atoms with van der Waals surface area (Å²) in [6.45, 7) is 8.01. The SMILES string of the molecule is CCCOC(=O)N1CC[C@@H](CN2CCC3(CC2)CN(C(=O)N(C)C)c2ccccc23)C1. The Morgan fingerprint density at radius 1 is 1.16 bits per heavy atom. The number of carbonyl (C=O) groups is 2. The highest BCUT2D eigenvalue weighted by molar-refractivity contribution is 5.95. The maximum Gasteiger partial charge on any atom is 0.409 e. The molecule has 1 atom stereocenters. The van der Waals surface area contributed by atoms with E-state index in [1.165, 1.54) is 5.56 Å². The molecule has 0 aliphatic carbocycles. The predicted molar refractivity (Wildman–Crippen MR) is 122 cm³/mol. The third kappa shape index (κ3) is 4.38. The minimum absolute atomic E-state index is 0.0600. The second-order valence-electron chi connectivity index (χ2n) is 9.58. The second-order valence-corrected chi connectivity index (χ2v) is 9.58. The van der Waals surface area contributed by atoms with E-state index in [0.717, 1.165) is 70.6 Å². The summed E-state index contributed by atoms with van der Waals surface area (Å²) >= 11 is 0. The summed E-state index contributed by atoms with van der Waals surface area (Å²) in [6.07, 6.45) is 3.89. The molecule has 0 N–H and O–H groups in total. The lowest BCUT2D eigenvalue weighted by Gasteiger charge is -2.40. The van der Waals surface area contributed by atoms with Gasteiger partial charge in [-0.25, -0.2) is 9.59 Å². The molecule has 1 aromatic rings. The Kier molecular flexibility index (Phi) is 6.42. The average molecular weight is 429 g/mol. The molecule has 0 saturated carbocycles. The summed E-state index contributed by atoms with van der Waals surface area (Å²) in [5.41, 5.74) is 2.46. The van der Waals surface area contributed by atoms with Gasteiger partial charge in [0.25, 0.3) is 0 Å². The molecule has 0 bridgehead atoms. The fraction of sp³-hybridized carbons (Fsp3) is 0.667. The smallest absolute Gasteiger partial charge is 0.409 e. The molecule has 0 unspecified atom stereocenters. The molecule has 3 aliphatic heterocycles. The van der Waals surface area contributed by atoms with Crippen molar-refractivity contribution >= 4 is 17.8 Å². The first-order valence-electron chi connectivity index (χ1n) is 11.7. The second kappa shape index (κ2) is 9.07. The van der Waals surface area contributed by atoms with Gasteiger partial charge in [-0.15, -0.1) is 0 Å². The van der Waals surface area contributed by atoms with Crippen molar-refractivity contribution in [2.24, 2.45) is 5.92 Å². The lowest BCUT2D eigenvalue weighted by molar-refractivity contribution is 0.106. The van der Waals surface area contributed by atoms with Gasteiger partial charge in [0.1, 0.15) is 0 Å². The van der Waals surface area contributed by atoms with Crippen LogP contribution in [0.25, 0.3) is 0 Å². The Bertz CT molecular complexity index is 804. The normalized spacial score (nSPS) is 22.6. The van der Waals surface area contributed by atoms with Crippen LogP contribution in [0.3, 0.4) is 0 Å². The summed E-state index contributed by atoms with van der Waals surface area (Å²) in [6, 6.07) is 8.49. The van der Waals surface area contributed by atoms with E-state index in [-0.39, 0.29) is 17.5 Å². The van der Waals surface area contributed by atoms with Gasteiger partial charge in [-0.1, -0.05) is 25.1 Å². The zero-order chi connectivity index (χ0) is 22.0. The molecule has 1 aromatic carbocycles. The highest BCUT2D eigenvalue weighted by Crippen LogP contribution is 2.47. The number of rotatable bonds is 4. The van der Waals surface area contributed by atoms with E-state index < -0.39 is 0 Å². The van der Waals surface area contributed by atoms with Gasteiger partial charge in [0, 0.05) is 51.4 Å². The first kappa shape index (κ1) is 21.9. The number of likely N-dealkylation sites (tertiary alicyclic amines) is 2. The predicted octanol–water partition coefficient (Wildman–Crippen LogP) is 3.39. The zero-order valence-electron chi connectivity index (χ0n) is 19.2. The van der Waals surface area contributed by atoms with Crippen LogP contribution < -0.4 is 4.90 Å². The lowest BCUT2D eigenvalue weighted by Crippen LogP contribution is -2.48. The number of piperidine rings is 1. The van der Waals surface area contributed by atoms with E-state index in [0.29, 0.717) is 12.5 Å². The van der Waals surface area contributed by atoms with Crippen LogP contribution in [0.5, 0.6) is 0 Å². The monoisotopic (exact) mass is 428 g/mol. The third-order valence-electron chi connectivity index (χ3n) is 7.14. The highest BCUT2D eigenvalue weighted by Gasteiger charge is 2.46. The Morgan fingerprint density at radius 2 is 1.90 bits per heavy atom. The number of carbonyl (C=O) groups excluding carboxylic acids is 2. The van der Waals surface area contributed by atoms with Gasteiger partial charge in [0.2, 0.25) is 0 Å². The summed E-state index contributed by atoms with van der Waals surface area (Å²) in [7, 11) is 3.64. The Balaban J connectivity index is 1.35. The van der Waals surface area contributed by atoms with Gasteiger partial charge < -0.3 is 19.4 Å². The molecule has 1 spiro atoms. The lowest BCUT2D eigenvalue weighted by atomic mass is 9.74. The molecule has 3 heterocycles. The third-order valence-corrected chi connectivity index (χ3v) is 7.14. The first-order valence-corrected chi connectivity index (χ1v) is 11.7. The van der Waals surface area contributed by atoms with Crippen LogP contribution in [0.1, 0.15) is 38.2 Å². The van der Waals surface area contributed by atoms with Gasteiger partial charge in [-0.05, 0) is 56.3 Å². The van der Waals surface area contributed by atoms with Crippen LogP contribution >= 0.6 is 0 Å². The molecule has 0 radical (unpaired) electrons. The Morgan fingerprint density at radius 3 is 2.61 bits per heavy atom. The van der Waals surface area contributed by atoms with Gasteiger partial charge in [-0.2, -0.15) is 0 Å². The number of fused-ring (bicyclic) bond motifs is 2. The van der Waals surface area contributed by atoms with Crippen LogP contribution in [0.15, 0.2) is 24.3 Å². The van der Waals surface area contributed by atoms with Gasteiger partial charge in [-0.3, -0.25) is 4.90 Å². The number of hydrogen-bond acceptors (Lipinski definition) is 4. The van der Waals surface area contributed by atoms with E-state index in [4.69, 9.17) is 4.74 Å². The standard InChI is InChI=1S/C24H36N4O3/c1-4-15-31-23(30)27-12-9-19(17-27)16-26-13-10-24(11-14-26)18-28(22(29)25(2)3)21-8-6-5-7-20(21)24/h5-8,19H,4,9-18H2,1-3H3/t19-/m0/s1. The quantitative estimate of drug-likeness (QED) is 0.738. The summed E-state index contributed by atoms with van der Waals surface area (Å²) < 4.78 is 5.29. The first-order chi connectivity index (χ1) is 14.9. The largest absolute Gasteiger partial charge is 0.449 e. The van der Waals surface area contributed by atoms with Crippen LogP contribution in [0.4, 0.5) is 15.3 Å². The van der Waals surface area contributed by atoms with E-state index in [9.17, 15) is 9.59 Å². The number of ether oxygens (including phenoxy) is 1. The average Bonchev–Trinajstić information content (AvgIpc) is 3.37. The maximum atomic E-state index is 12.8. The number of hydrogen-bond donors (Lipinski definition) is 0. The minimum atomic E-state index is -0.157. The number of nitrogens with zero attached hydrogens (tertiary/aromatic N) is 4. The van der Waals surface area contributed by atoms with Gasteiger partial charge >= 0.3 is 12.1 Å².